The van der Waals surface area contributed by atoms with Crippen LogP contribution in [0.15, 0.2) is 35.6 Å². The van der Waals surface area contributed by atoms with E-state index in [0.29, 0.717) is 25.9 Å². The molecule has 114 valence electrons. The molecule has 1 unspecified atom stereocenters. The Labute approximate surface area is 126 Å². The van der Waals surface area contributed by atoms with Crippen molar-refractivity contribution in [1.82, 2.24) is 13.7 Å². The molecule has 0 radical (unpaired) electrons. The second-order valence-corrected chi connectivity index (χ2v) is 8.84. The Bertz CT molecular complexity index is 777. The van der Waals surface area contributed by atoms with Gasteiger partial charge in [-0.2, -0.15) is 0 Å². The van der Waals surface area contributed by atoms with Crippen LogP contribution >= 0.6 is 0 Å². The van der Waals surface area contributed by atoms with Crippen LogP contribution in [-0.4, -0.2) is 50.9 Å². The Morgan fingerprint density at radius 2 is 2.00 bits per heavy atom. The molecule has 0 bridgehead atoms. The fourth-order valence-corrected chi connectivity index (χ4v) is 5.05. The average Bonchev–Trinajstić information content (AvgIpc) is 2.94. The molecule has 0 aromatic carbocycles. The number of sulfonamides is 1. The van der Waals surface area contributed by atoms with Gasteiger partial charge in [0.15, 0.2) is 0 Å². The highest BCUT2D eigenvalue weighted by molar-refractivity contribution is 7.88. The number of hydrogen-bond acceptors (Lipinski definition) is 4. The number of fused-ring (bicyclic) bond motifs is 1. The van der Waals surface area contributed by atoms with Crippen molar-refractivity contribution in [2.45, 2.75) is 23.1 Å². The molecular weight excluding hydrogens is 310 g/mol. The molecule has 2 aromatic heterocycles. The zero-order valence-electron chi connectivity index (χ0n) is 11.7. The molecule has 0 spiro atoms. The minimum atomic E-state index is -3.15. The first-order chi connectivity index (χ1) is 9.97. The molecule has 3 heterocycles. The van der Waals surface area contributed by atoms with Crippen LogP contribution in [0, 0.1) is 0 Å². The smallest absolute Gasteiger partial charge is 0.211 e. The Morgan fingerprint density at radius 3 is 2.67 bits per heavy atom. The van der Waals surface area contributed by atoms with Crippen LogP contribution in [0.4, 0.5) is 0 Å². The van der Waals surface area contributed by atoms with Crippen molar-refractivity contribution in [2.75, 3.05) is 19.3 Å². The molecule has 2 aromatic rings. The molecule has 1 aliphatic rings. The summed E-state index contributed by atoms with van der Waals surface area (Å²) in [5, 5.41) is 0.707. The summed E-state index contributed by atoms with van der Waals surface area (Å²) >= 11 is 0. The van der Waals surface area contributed by atoms with E-state index in [1.165, 1.54) is 10.6 Å². The van der Waals surface area contributed by atoms with Gasteiger partial charge in [-0.25, -0.2) is 17.7 Å². The summed E-state index contributed by atoms with van der Waals surface area (Å²) in [4.78, 5) is 4.19. The van der Waals surface area contributed by atoms with Crippen LogP contribution in [-0.2, 0) is 20.8 Å². The predicted molar refractivity (Wildman–Crippen MR) is 81.0 cm³/mol. The van der Waals surface area contributed by atoms with Crippen LogP contribution < -0.4 is 0 Å². The topological polar surface area (TPSA) is 71.8 Å². The number of hydrogen-bond donors (Lipinski definition) is 0. The fraction of sp³-hybridized carbons (Fsp3) is 0.462. The first-order valence-electron chi connectivity index (χ1n) is 6.74. The van der Waals surface area contributed by atoms with E-state index in [-0.39, 0.29) is 5.25 Å². The number of aromatic nitrogens is 2. The summed E-state index contributed by atoms with van der Waals surface area (Å²) in [6.45, 7) is 0.879. The Balaban J connectivity index is 1.80. The highest BCUT2D eigenvalue weighted by Crippen LogP contribution is 2.23. The van der Waals surface area contributed by atoms with Crippen LogP contribution in [0.1, 0.15) is 12.8 Å². The van der Waals surface area contributed by atoms with Gasteiger partial charge in [-0.15, -0.1) is 0 Å². The van der Waals surface area contributed by atoms with Gasteiger partial charge >= 0.3 is 0 Å². The highest BCUT2D eigenvalue weighted by atomic mass is 32.2. The number of pyridine rings is 1. The third kappa shape index (κ3) is 2.88. The monoisotopic (exact) mass is 327 g/mol. The normalized spacial score (nSPS) is 19.9. The van der Waals surface area contributed by atoms with Gasteiger partial charge in [0.05, 0.1) is 17.1 Å². The average molecular weight is 327 g/mol. The number of nitrogens with zero attached hydrogens (tertiary/aromatic N) is 3. The molecular formula is C13H17N3O3S2. The molecule has 0 amide bonds. The Morgan fingerprint density at radius 1 is 1.29 bits per heavy atom. The Hall–Kier alpha value is -1.25. The van der Waals surface area contributed by atoms with Gasteiger partial charge in [-0.05, 0) is 25.0 Å². The summed E-state index contributed by atoms with van der Waals surface area (Å²) < 4.78 is 39.1. The summed E-state index contributed by atoms with van der Waals surface area (Å²) in [6, 6.07) is 5.56. The largest absolute Gasteiger partial charge is 0.292 e. The molecule has 1 fully saturated rings. The molecule has 1 atom stereocenters. The van der Waals surface area contributed by atoms with Gasteiger partial charge in [0.1, 0.15) is 10.7 Å². The van der Waals surface area contributed by atoms with Crippen molar-refractivity contribution < 1.29 is 12.6 Å². The maximum absolute atomic E-state index is 12.8. The number of piperidine rings is 1. The predicted octanol–water partition coefficient (Wildman–Crippen LogP) is 0.866. The van der Waals surface area contributed by atoms with E-state index in [4.69, 9.17) is 0 Å². The van der Waals surface area contributed by atoms with Crippen molar-refractivity contribution in [3.8, 4) is 0 Å². The molecule has 0 aliphatic carbocycles. The van der Waals surface area contributed by atoms with Gasteiger partial charge in [-0.3, -0.25) is 8.61 Å². The van der Waals surface area contributed by atoms with Crippen molar-refractivity contribution in [3.05, 3.63) is 30.6 Å². The third-order valence-corrected chi connectivity index (χ3v) is 6.89. The second-order valence-electron chi connectivity index (χ2n) is 5.18. The maximum Gasteiger partial charge on any atom is 0.211 e. The summed E-state index contributed by atoms with van der Waals surface area (Å²) in [5.74, 6) is 0. The van der Waals surface area contributed by atoms with Crippen LogP contribution in [0.2, 0.25) is 0 Å². The minimum Gasteiger partial charge on any atom is -0.292 e. The molecule has 8 heteroatoms. The van der Waals surface area contributed by atoms with Crippen molar-refractivity contribution in [3.63, 3.8) is 0 Å². The van der Waals surface area contributed by atoms with Crippen molar-refractivity contribution in [1.29, 1.82) is 0 Å². The number of rotatable bonds is 3. The van der Waals surface area contributed by atoms with Crippen LogP contribution in [0.25, 0.3) is 5.65 Å². The summed E-state index contributed by atoms with van der Waals surface area (Å²) in [5.41, 5.74) is 0.773. The van der Waals surface area contributed by atoms with E-state index >= 15 is 0 Å². The molecule has 3 rings (SSSR count). The lowest BCUT2D eigenvalue weighted by Gasteiger charge is -2.29. The van der Waals surface area contributed by atoms with Gasteiger partial charge in [0.2, 0.25) is 10.0 Å². The maximum atomic E-state index is 12.8. The van der Waals surface area contributed by atoms with Gasteiger partial charge in [0.25, 0.3) is 0 Å². The van der Waals surface area contributed by atoms with Gasteiger partial charge < -0.3 is 0 Å². The van der Waals surface area contributed by atoms with Crippen molar-refractivity contribution in [2.24, 2.45) is 0 Å². The lowest BCUT2D eigenvalue weighted by molar-refractivity contribution is 0.352. The standard InChI is InChI=1S/C13H17N3O3S2/c1-21(18,19)15-8-5-11(6-9-15)20(17)13-4-2-3-12-14-7-10-16(12)13/h2-4,7,10-11H,5-6,8-9H2,1H3. The fourth-order valence-electron chi connectivity index (χ4n) is 2.63. The highest BCUT2D eigenvalue weighted by Gasteiger charge is 2.29. The molecule has 21 heavy (non-hydrogen) atoms. The lowest BCUT2D eigenvalue weighted by atomic mass is 10.2. The minimum absolute atomic E-state index is 0.0176. The second kappa shape index (κ2) is 5.51. The SMILES string of the molecule is CS(=O)(=O)N1CCC(S(=O)c2cccc3nccn23)CC1. The van der Waals surface area contributed by atoms with E-state index in [1.54, 1.807) is 12.4 Å². The molecule has 0 saturated carbocycles. The van der Waals surface area contributed by atoms with Crippen LogP contribution in [0.3, 0.4) is 0 Å². The van der Waals surface area contributed by atoms with Gasteiger partial charge in [0, 0.05) is 30.7 Å². The third-order valence-electron chi connectivity index (χ3n) is 3.77. The first-order valence-corrected chi connectivity index (χ1v) is 9.81. The molecule has 0 N–H and O–H groups in total. The van der Waals surface area contributed by atoms with E-state index in [1.807, 2.05) is 22.6 Å². The number of imidazole rings is 1. The molecule has 6 nitrogen and oxygen atoms in total. The molecule has 1 aliphatic heterocycles. The van der Waals surface area contributed by atoms with E-state index in [9.17, 15) is 12.6 Å². The Kier molecular flexibility index (Phi) is 3.85. The van der Waals surface area contributed by atoms with E-state index < -0.39 is 20.8 Å². The zero-order chi connectivity index (χ0) is 15.0. The summed E-state index contributed by atoms with van der Waals surface area (Å²) in [6.07, 6.45) is 5.93. The van der Waals surface area contributed by atoms with E-state index in [0.717, 1.165) is 10.7 Å². The first kappa shape index (κ1) is 14.7. The lowest BCUT2D eigenvalue weighted by Crippen LogP contribution is -2.40. The van der Waals surface area contributed by atoms with E-state index in [2.05, 4.69) is 4.98 Å². The van der Waals surface area contributed by atoms with Crippen molar-refractivity contribution >= 4 is 26.5 Å². The zero-order valence-corrected chi connectivity index (χ0v) is 13.3. The summed E-state index contributed by atoms with van der Waals surface area (Å²) in [7, 11) is -4.31. The quantitative estimate of drug-likeness (QED) is 0.838. The molecule has 1 saturated heterocycles. The van der Waals surface area contributed by atoms with Gasteiger partial charge in [-0.1, -0.05) is 6.07 Å². The van der Waals surface area contributed by atoms with Crippen LogP contribution in [0.5, 0.6) is 0 Å².